The SMILES string of the molecule is CCN(C)C(=O)c1ccncc1N. The number of anilines is 1. The molecule has 2 N–H and O–H groups in total. The van der Waals surface area contributed by atoms with E-state index >= 15 is 0 Å². The second kappa shape index (κ2) is 3.89. The average molecular weight is 179 g/mol. The van der Waals surface area contributed by atoms with Crippen LogP contribution < -0.4 is 5.73 Å². The zero-order valence-electron chi connectivity index (χ0n) is 7.82. The van der Waals surface area contributed by atoms with E-state index in [4.69, 9.17) is 5.73 Å². The standard InChI is InChI=1S/C9H13N3O/c1-3-12(2)9(13)7-4-5-11-6-8(7)10/h4-6H,3,10H2,1-2H3. The van der Waals surface area contributed by atoms with Crippen LogP contribution in [0.25, 0.3) is 0 Å². The van der Waals surface area contributed by atoms with Crippen molar-refractivity contribution in [1.82, 2.24) is 9.88 Å². The van der Waals surface area contributed by atoms with Gasteiger partial charge in [-0.3, -0.25) is 9.78 Å². The Labute approximate surface area is 77.4 Å². The van der Waals surface area contributed by atoms with Crippen LogP contribution in [0.2, 0.25) is 0 Å². The summed E-state index contributed by atoms with van der Waals surface area (Å²) in [7, 11) is 1.74. The fourth-order valence-electron chi connectivity index (χ4n) is 0.951. The Morgan fingerprint density at radius 1 is 1.69 bits per heavy atom. The molecule has 0 aromatic carbocycles. The van der Waals surface area contributed by atoms with Crippen LogP contribution in [-0.4, -0.2) is 29.4 Å². The quantitative estimate of drug-likeness (QED) is 0.729. The Morgan fingerprint density at radius 2 is 2.38 bits per heavy atom. The van der Waals surface area contributed by atoms with E-state index in [1.807, 2.05) is 6.92 Å². The van der Waals surface area contributed by atoms with E-state index in [9.17, 15) is 4.79 Å². The molecule has 1 rings (SSSR count). The Kier molecular flexibility index (Phi) is 2.84. The summed E-state index contributed by atoms with van der Waals surface area (Å²) < 4.78 is 0. The molecule has 70 valence electrons. The molecule has 0 saturated heterocycles. The molecule has 0 radical (unpaired) electrons. The number of nitrogens with two attached hydrogens (primary N) is 1. The summed E-state index contributed by atoms with van der Waals surface area (Å²) in [6.45, 7) is 2.58. The maximum atomic E-state index is 11.6. The van der Waals surface area contributed by atoms with Gasteiger partial charge in [-0.25, -0.2) is 0 Å². The number of amides is 1. The summed E-state index contributed by atoms with van der Waals surface area (Å²) >= 11 is 0. The van der Waals surface area contributed by atoms with Crippen molar-refractivity contribution in [1.29, 1.82) is 0 Å². The van der Waals surface area contributed by atoms with E-state index in [2.05, 4.69) is 4.98 Å². The van der Waals surface area contributed by atoms with Gasteiger partial charge in [0.05, 0.1) is 17.4 Å². The molecule has 0 bridgehead atoms. The molecule has 0 unspecified atom stereocenters. The summed E-state index contributed by atoms with van der Waals surface area (Å²) in [5.41, 5.74) is 6.54. The molecule has 0 aliphatic rings. The first kappa shape index (κ1) is 9.51. The van der Waals surface area contributed by atoms with Crippen molar-refractivity contribution in [2.75, 3.05) is 19.3 Å². The zero-order valence-corrected chi connectivity index (χ0v) is 7.82. The molecule has 1 aromatic rings. The van der Waals surface area contributed by atoms with Crippen molar-refractivity contribution in [2.45, 2.75) is 6.92 Å². The molecule has 0 spiro atoms. The third-order valence-corrected chi connectivity index (χ3v) is 1.90. The van der Waals surface area contributed by atoms with Crippen molar-refractivity contribution < 1.29 is 4.79 Å². The number of hydrogen-bond donors (Lipinski definition) is 1. The van der Waals surface area contributed by atoms with Gasteiger partial charge in [-0.05, 0) is 13.0 Å². The third kappa shape index (κ3) is 1.96. The van der Waals surface area contributed by atoms with Crippen LogP contribution >= 0.6 is 0 Å². The minimum absolute atomic E-state index is 0.0672. The maximum Gasteiger partial charge on any atom is 0.255 e. The molecule has 0 aliphatic carbocycles. The van der Waals surface area contributed by atoms with Crippen LogP contribution in [0.15, 0.2) is 18.5 Å². The molecule has 1 heterocycles. The van der Waals surface area contributed by atoms with Crippen molar-refractivity contribution in [3.8, 4) is 0 Å². The smallest absolute Gasteiger partial charge is 0.255 e. The van der Waals surface area contributed by atoms with Gasteiger partial charge in [-0.15, -0.1) is 0 Å². The minimum Gasteiger partial charge on any atom is -0.397 e. The van der Waals surface area contributed by atoms with Gasteiger partial charge in [0.15, 0.2) is 0 Å². The molecule has 1 aromatic heterocycles. The molecular weight excluding hydrogens is 166 g/mol. The molecule has 0 saturated carbocycles. The molecule has 1 amide bonds. The van der Waals surface area contributed by atoms with Crippen LogP contribution in [0.3, 0.4) is 0 Å². The van der Waals surface area contributed by atoms with Crippen LogP contribution in [0.5, 0.6) is 0 Å². The Morgan fingerprint density at radius 3 is 2.92 bits per heavy atom. The van der Waals surface area contributed by atoms with Crippen LogP contribution in [0.1, 0.15) is 17.3 Å². The molecule has 13 heavy (non-hydrogen) atoms. The maximum absolute atomic E-state index is 11.6. The van der Waals surface area contributed by atoms with Gasteiger partial charge >= 0.3 is 0 Å². The first-order valence-electron chi connectivity index (χ1n) is 4.11. The average Bonchev–Trinajstić information content (AvgIpc) is 2.16. The molecule has 0 atom stereocenters. The number of pyridine rings is 1. The summed E-state index contributed by atoms with van der Waals surface area (Å²) in [4.78, 5) is 17.0. The lowest BCUT2D eigenvalue weighted by Gasteiger charge is -2.15. The monoisotopic (exact) mass is 179 g/mol. The number of carbonyl (C=O) groups is 1. The lowest BCUT2D eigenvalue weighted by molar-refractivity contribution is 0.0803. The van der Waals surface area contributed by atoms with E-state index in [1.54, 1.807) is 24.2 Å². The van der Waals surface area contributed by atoms with Crippen molar-refractivity contribution in [3.05, 3.63) is 24.0 Å². The number of hydrogen-bond acceptors (Lipinski definition) is 3. The van der Waals surface area contributed by atoms with E-state index in [0.717, 1.165) is 0 Å². The highest BCUT2D eigenvalue weighted by Crippen LogP contribution is 2.10. The van der Waals surface area contributed by atoms with Crippen molar-refractivity contribution in [3.63, 3.8) is 0 Å². The van der Waals surface area contributed by atoms with E-state index < -0.39 is 0 Å². The molecule has 4 nitrogen and oxygen atoms in total. The minimum atomic E-state index is -0.0672. The Balaban J connectivity index is 2.95. The first-order valence-corrected chi connectivity index (χ1v) is 4.11. The summed E-state index contributed by atoms with van der Waals surface area (Å²) in [5.74, 6) is -0.0672. The number of aromatic nitrogens is 1. The van der Waals surface area contributed by atoms with Gasteiger partial charge < -0.3 is 10.6 Å². The number of carbonyl (C=O) groups excluding carboxylic acids is 1. The fraction of sp³-hybridized carbons (Fsp3) is 0.333. The highest BCUT2D eigenvalue weighted by molar-refractivity contribution is 5.98. The Hall–Kier alpha value is -1.58. The number of rotatable bonds is 2. The normalized spacial score (nSPS) is 9.69. The van der Waals surface area contributed by atoms with E-state index in [0.29, 0.717) is 17.8 Å². The van der Waals surface area contributed by atoms with Gasteiger partial charge in [0.25, 0.3) is 5.91 Å². The molecular formula is C9H13N3O. The van der Waals surface area contributed by atoms with Gasteiger partial charge in [-0.1, -0.05) is 0 Å². The van der Waals surface area contributed by atoms with Crippen LogP contribution in [-0.2, 0) is 0 Å². The Bertz CT molecular complexity index is 311. The predicted octanol–water partition coefficient (Wildman–Crippen LogP) is 0.756. The van der Waals surface area contributed by atoms with Crippen molar-refractivity contribution >= 4 is 11.6 Å². The summed E-state index contributed by atoms with van der Waals surface area (Å²) in [6, 6.07) is 1.63. The lowest BCUT2D eigenvalue weighted by atomic mass is 10.2. The fourth-order valence-corrected chi connectivity index (χ4v) is 0.951. The predicted molar refractivity (Wildman–Crippen MR) is 51.3 cm³/mol. The van der Waals surface area contributed by atoms with Crippen LogP contribution in [0.4, 0.5) is 5.69 Å². The topological polar surface area (TPSA) is 59.2 Å². The van der Waals surface area contributed by atoms with Gasteiger partial charge in [-0.2, -0.15) is 0 Å². The zero-order chi connectivity index (χ0) is 9.84. The number of nitrogens with zero attached hydrogens (tertiary/aromatic N) is 2. The highest BCUT2D eigenvalue weighted by Gasteiger charge is 2.12. The first-order chi connectivity index (χ1) is 6.16. The molecule has 4 heteroatoms. The van der Waals surface area contributed by atoms with Gasteiger partial charge in [0, 0.05) is 19.8 Å². The summed E-state index contributed by atoms with van der Waals surface area (Å²) in [6.07, 6.45) is 3.05. The highest BCUT2D eigenvalue weighted by atomic mass is 16.2. The van der Waals surface area contributed by atoms with Gasteiger partial charge in [0.2, 0.25) is 0 Å². The molecule has 0 fully saturated rings. The van der Waals surface area contributed by atoms with Crippen LogP contribution in [0, 0.1) is 0 Å². The van der Waals surface area contributed by atoms with Crippen molar-refractivity contribution in [2.24, 2.45) is 0 Å². The van der Waals surface area contributed by atoms with Gasteiger partial charge in [0.1, 0.15) is 0 Å². The number of nitrogen functional groups attached to an aromatic ring is 1. The second-order valence-corrected chi connectivity index (χ2v) is 2.78. The summed E-state index contributed by atoms with van der Waals surface area (Å²) in [5, 5.41) is 0. The van der Waals surface area contributed by atoms with E-state index in [-0.39, 0.29) is 5.91 Å². The molecule has 0 aliphatic heterocycles. The largest absolute Gasteiger partial charge is 0.397 e. The third-order valence-electron chi connectivity index (χ3n) is 1.90. The van der Waals surface area contributed by atoms with E-state index in [1.165, 1.54) is 6.20 Å². The lowest BCUT2D eigenvalue weighted by Crippen LogP contribution is -2.26. The second-order valence-electron chi connectivity index (χ2n) is 2.78.